The lowest BCUT2D eigenvalue weighted by molar-refractivity contribution is -0.139. The Morgan fingerprint density at radius 1 is 1.06 bits per heavy atom. The number of carboxylic acids is 1. The summed E-state index contributed by atoms with van der Waals surface area (Å²) < 4.78 is 0. The average molecular weight is 246 g/mol. The minimum absolute atomic E-state index is 0.0208. The van der Waals surface area contributed by atoms with Crippen LogP contribution in [0.5, 0.6) is 0 Å². The molecule has 0 aliphatic heterocycles. The molecular formula is C12H20ClNO2. The molecule has 0 bridgehead atoms. The van der Waals surface area contributed by atoms with Gasteiger partial charge in [0, 0.05) is 6.38 Å². The Bertz CT molecular complexity index is 226. The number of hydrogen-bond acceptors (Lipinski definition) is 2. The first kappa shape index (κ1) is 17.3. The van der Waals surface area contributed by atoms with Crippen LogP contribution in [-0.4, -0.2) is 23.5 Å². The molecule has 3 nitrogen and oxygen atoms in total. The number of alkyl halides is 1. The molecular weight excluding hydrogens is 226 g/mol. The van der Waals surface area contributed by atoms with Crippen LogP contribution in [0, 0.1) is 5.92 Å². The maximum absolute atomic E-state index is 10.0. The van der Waals surface area contributed by atoms with E-state index in [4.69, 9.17) is 10.8 Å². The van der Waals surface area contributed by atoms with E-state index in [1.165, 1.54) is 6.38 Å². The third-order valence-corrected chi connectivity index (χ3v) is 1.67. The lowest BCUT2D eigenvalue weighted by atomic mass is 10.1. The molecule has 0 heterocycles. The Kier molecular flexibility index (Phi) is 13.0. The van der Waals surface area contributed by atoms with Gasteiger partial charge in [0.1, 0.15) is 6.04 Å². The van der Waals surface area contributed by atoms with Crippen LogP contribution in [0.1, 0.15) is 13.8 Å². The summed E-state index contributed by atoms with van der Waals surface area (Å²) in [4.78, 5) is 10.0. The van der Waals surface area contributed by atoms with Crippen LogP contribution in [0.4, 0.5) is 0 Å². The van der Waals surface area contributed by atoms with Crippen molar-refractivity contribution >= 4 is 17.6 Å². The van der Waals surface area contributed by atoms with E-state index in [9.17, 15) is 4.79 Å². The fraction of sp³-hybridized carbons (Fsp3) is 0.417. The number of carbonyl (C=O) groups is 1. The maximum Gasteiger partial charge on any atom is 0.320 e. The van der Waals surface area contributed by atoms with Gasteiger partial charge in [-0.15, -0.1) is 11.6 Å². The van der Waals surface area contributed by atoms with Crippen LogP contribution in [0.25, 0.3) is 0 Å². The Morgan fingerprint density at radius 2 is 1.31 bits per heavy atom. The lowest BCUT2D eigenvalue weighted by Crippen LogP contribution is -2.34. The molecule has 1 aromatic carbocycles. The molecule has 92 valence electrons. The van der Waals surface area contributed by atoms with E-state index in [0.717, 1.165) is 0 Å². The van der Waals surface area contributed by atoms with E-state index < -0.39 is 12.0 Å². The zero-order valence-electron chi connectivity index (χ0n) is 9.93. The number of halogens is 1. The van der Waals surface area contributed by atoms with E-state index in [2.05, 4.69) is 11.6 Å². The predicted octanol–water partition coefficient (Wildman–Crippen LogP) is 2.60. The van der Waals surface area contributed by atoms with Crippen molar-refractivity contribution in [2.75, 3.05) is 6.38 Å². The largest absolute Gasteiger partial charge is 0.480 e. The smallest absolute Gasteiger partial charge is 0.320 e. The summed E-state index contributed by atoms with van der Waals surface area (Å²) in [7, 11) is 0. The van der Waals surface area contributed by atoms with Gasteiger partial charge in [-0.3, -0.25) is 4.79 Å². The summed E-state index contributed by atoms with van der Waals surface area (Å²) in [5, 5.41) is 8.23. The highest BCUT2D eigenvalue weighted by Crippen LogP contribution is 1.96. The molecule has 16 heavy (non-hydrogen) atoms. The van der Waals surface area contributed by atoms with Gasteiger partial charge >= 0.3 is 5.97 Å². The Labute approximate surface area is 102 Å². The highest BCUT2D eigenvalue weighted by Gasteiger charge is 2.14. The van der Waals surface area contributed by atoms with Gasteiger partial charge in [-0.05, 0) is 5.92 Å². The molecule has 1 unspecified atom stereocenters. The molecule has 0 spiro atoms. The van der Waals surface area contributed by atoms with Gasteiger partial charge in [-0.1, -0.05) is 50.2 Å². The summed E-state index contributed by atoms with van der Waals surface area (Å²) in [6.45, 7) is 3.55. The summed E-state index contributed by atoms with van der Waals surface area (Å²) >= 11 is 4.64. The summed E-state index contributed by atoms with van der Waals surface area (Å²) in [5.74, 6) is -0.910. The molecule has 0 saturated carbocycles. The van der Waals surface area contributed by atoms with Crippen LogP contribution in [0.3, 0.4) is 0 Å². The van der Waals surface area contributed by atoms with Gasteiger partial charge in [0.25, 0.3) is 0 Å². The number of rotatable bonds is 2. The topological polar surface area (TPSA) is 63.3 Å². The van der Waals surface area contributed by atoms with Crippen LogP contribution >= 0.6 is 11.6 Å². The van der Waals surface area contributed by atoms with Crippen molar-refractivity contribution in [1.82, 2.24) is 0 Å². The minimum Gasteiger partial charge on any atom is -0.480 e. The molecule has 1 atom stereocenters. The first-order chi connectivity index (χ1) is 7.55. The van der Waals surface area contributed by atoms with Gasteiger partial charge in [0.05, 0.1) is 0 Å². The van der Waals surface area contributed by atoms with Crippen molar-refractivity contribution in [3.05, 3.63) is 36.4 Å². The first-order valence-electron chi connectivity index (χ1n) is 4.92. The van der Waals surface area contributed by atoms with Gasteiger partial charge in [0.15, 0.2) is 0 Å². The third-order valence-electron chi connectivity index (χ3n) is 1.67. The summed E-state index contributed by atoms with van der Waals surface area (Å²) in [5.41, 5.74) is 5.16. The molecule has 3 N–H and O–H groups in total. The molecule has 0 radical (unpaired) electrons. The fourth-order valence-corrected chi connectivity index (χ4v) is 0.670. The second-order valence-electron chi connectivity index (χ2n) is 3.26. The fourth-order valence-electron chi connectivity index (χ4n) is 0.670. The molecule has 1 aromatic rings. The predicted molar refractivity (Wildman–Crippen MR) is 68.7 cm³/mol. The van der Waals surface area contributed by atoms with E-state index in [1.54, 1.807) is 13.8 Å². The molecule has 0 amide bonds. The van der Waals surface area contributed by atoms with Crippen molar-refractivity contribution in [2.45, 2.75) is 19.9 Å². The molecule has 4 heteroatoms. The summed E-state index contributed by atoms with van der Waals surface area (Å²) in [6, 6.07) is 11.3. The van der Waals surface area contributed by atoms with Crippen LogP contribution in [-0.2, 0) is 4.79 Å². The molecule has 0 aliphatic rings. The summed E-state index contributed by atoms with van der Waals surface area (Å²) in [6.07, 6.45) is 1.47. The standard InChI is InChI=1S/C6H6.C5H11NO2.CH3Cl/c1-2-4-6-5-3-1;1-3(2)4(6)5(7)8;1-2/h1-6H;3-4H,6H2,1-2H3,(H,7,8);1H3. The Balaban J connectivity index is 0. The molecule has 0 aromatic heterocycles. The number of carboxylic acid groups (broad SMARTS) is 1. The average Bonchev–Trinajstić information content (AvgIpc) is 2.33. The van der Waals surface area contributed by atoms with Crippen LogP contribution < -0.4 is 5.73 Å². The van der Waals surface area contributed by atoms with Crippen LogP contribution in [0.15, 0.2) is 36.4 Å². The SMILES string of the molecule is CC(C)C(N)C(=O)O.CCl.c1ccccc1. The second kappa shape index (κ2) is 12.0. The number of aliphatic carboxylic acids is 1. The highest BCUT2D eigenvalue weighted by atomic mass is 35.5. The highest BCUT2D eigenvalue weighted by molar-refractivity contribution is 6.15. The zero-order valence-corrected chi connectivity index (χ0v) is 10.7. The van der Waals surface area contributed by atoms with Gasteiger partial charge in [0.2, 0.25) is 0 Å². The number of benzene rings is 1. The molecule has 0 aliphatic carbocycles. The van der Waals surface area contributed by atoms with Crippen molar-refractivity contribution in [3.8, 4) is 0 Å². The van der Waals surface area contributed by atoms with E-state index in [-0.39, 0.29) is 5.92 Å². The van der Waals surface area contributed by atoms with Gasteiger partial charge in [-0.2, -0.15) is 0 Å². The van der Waals surface area contributed by atoms with Crippen LogP contribution in [0.2, 0.25) is 0 Å². The normalized spacial score (nSPS) is 10.4. The third kappa shape index (κ3) is 11.0. The minimum atomic E-state index is -0.931. The van der Waals surface area contributed by atoms with Crippen molar-refractivity contribution < 1.29 is 9.90 Å². The molecule has 1 rings (SSSR count). The zero-order chi connectivity index (χ0) is 13.0. The van der Waals surface area contributed by atoms with Crippen molar-refractivity contribution in [3.63, 3.8) is 0 Å². The van der Waals surface area contributed by atoms with Crippen molar-refractivity contribution in [1.29, 1.82) is 0 Å². The van der Waals surface area contributed by atoms with E-state index >= 15 is 0 Å². The molecule has 0 fully saturated rings. The van der Waals surface area contributed by atoms with E-state index in [1.807, 2.05) is 36.4 Å². The van der Waals surface area contributed by atoms with Crippen molar-refractivity contribution in [2.24, 2.45) is 11.7 Å². The number of nitrogens with two attached hydrogens (primary N) is 1. The number of hydrogen-bond donors (Lipinski definition) is 2. The first-order valence-corrected chi connectivity index (χ1v) is 5.67. The quantitative estimate of drug-likeness (QED) is 0.788. The molecule has 0 saturated heterocycles. The van der Waals surface area contributed by atoms with E-state index in [0.29, 0.717) is 0 Å². The maximum atomic E-state index is 10.0. The Morgan fingerprint density at radius 3 is 1.38 bits per heavy atom. The monoisotopic (exact) mass is 245 g/mol. The van der Waals surface area contributed by atoms with Gasteiger partial charge in [-0.25, -0.2) is 0 Å². The second-order valence-corrected chi connectivity index (χ2v) is 3.26. The lowest BCUT2D eigenvalue weighted by Gasteiger charge is -2.07. The van der Waals surface area contributed by atoms with Gasteiger partial charge < -0.3 is 10.8 Å². The Hall–Kier alpha value is -1.06.